The Morgan fingerprint density at radius 3 is 2.50 bits per heavy atom. The Morgan fingerprint density at radius 1 is 1.11 bits per heavy atom. The molecule has 2 aliphatic rings. The van der Waals surface area contributed by atoms with E-state index in [1.54, 1.807) is 12.0 Å². The number of likely N-dealkylation sites (tertiary alicyclic amines) is 1. The highest BCUT2D eigenvalue weighted by Gasteiger charge is 2.34. The third-order valence-corrected chi connectivity index (χ3v) is 5.83. The molecule has 154 valence electrons. The van der Waals surface area contributed by atoms with Crippen molar-refractivity contribution in [2.24, 2.45) is 5.92 Å². The summed E-state index contributed by atoms with van der Waals surface area (Å²) in [6.07, 6.45) is 8.08. The summed E-state index contributed by atoms with van der Waals surface area (Å²) < 4.78 is 5.16. The lowest BCUT2D eigenvalue weighted by Crippen LogP contribution is -2.39. The van der Waals surface area contributed by atoms with E-state index < -0.39 is 0 Å². The largest absolute Gasteiger partial charge is 0.497 e. The minimum Gasteiger partial charge on any atom is -0.497 e. The third-order valence-electron chi connectivity index (χ3n) is 5.83. The number of nitrogens with zero attached hydrogens (tertiary/aromatic N) is 1. The number of rotatable bonds is 8. The van der Waals surface area contributed by atoms with Crippen LogP contribution in [0.3, 0.4) is 0 Å². The molecule has 3 rings (SSSR count). The molecule has 0 aromatic heterocycles. The van der Waals surface area contributed by atoms with E-state index in [9.17, 15) is 9.59 Å². The van der Waals surface area contributed by atoms with Crippen molar-refractivity contribution < 1.29 is 14.3 Å². The van der Waals surface area contributed by atoms with E-state index in [1.165, 1.54) is 38.5 Å². The van der Waals surface area contributed by atoms with Crippen LogP contribution in [0.2, 0.25) is 0 Å². The van der Waals surface area contributed by atoms with Crippen molar-refractivity contribution in [3.8, 4) is 5.75 Å². The number of carbonyl (C=O) groups excluding carboxylic acids is 2. The quantitative estimate of drug-likeness (QED) is 0.531. The molecule has 1 unspecified atom stereocenters. The first-order chi connectivity index (χ1) is 13.7. The summed E-state index contributed by atoms with van der Waals surface area (Å²) in [5.41, 5.74) is 1.04. The predicted molar refractivity (Wildman–Crippen MR) is 109 cm³/mol. The lowest BCUT2D eigenvalue weighted by atomic mass is 10.1. The van der Waals surface area contributed by atoms with Crippen molar-refractivity contribution in [2.75, 3.05) is 26.7 Å². The lowest BCUT2D eigenvalue weighted by molar-refractivity contribution is -0.129. The molecule has 0 bridgehead atoms. The first-order valence-electron chi connectivity index (χ1n) is 10.6. The highest BCUT2D eigenvalue weighted by atomic mass is 16.5. The van der Waals surface area contributed by atoms with Gasteiger partial charge >= 0.3 is 0 Å². The van der Waals surface area contributed by atoms with Crippen molar-refractivity contribution in [3.63, 3.8) is 0 Å². The van der Waals surface area contributed by atoms with Crippen LogP contribution in [-0.4, -0.2) is 49.5 Å². The van der Waals surface area contributed by atoms with Gasteiger partial charge in [0.05, 0.1) is 13.0 Å². The van der Waals surface area contributed by atoms with Gasteiger partial charge in [-0.2, -0.15) is 0 Å². The molecule has 2 N–H and O–H groups in total. The molecule has 1 aliphatic carbocycles. The molecule has 1 aromatic rings. The zero-order valence-corrected chi connectivity index (χ0v) is 16.9. The Kier molecular flexibility index (Phi) is 7.71. The van der Waals surface area contributed by atoms with E-state index in [2.05, 4.69) is 10.6 Å². The maximum atomic E-state index is 12.4. The molecule has 1 heterocycles. The van der Waals surface area contributed by atoms with E-state index >= 15 is 0 Å². The topological polar surface area (TPSA) is 70.7 Å². The number of carbonyl (C=O) groups is 2. The molecule has 0 spiro atoms. The molecule has 2 amide bonds. The van der Waals surface area contributed by atoms with Crippen LogP contribution in [0.1, 0.15) is 50.5 Å². The van der Waals surface area contributed by atoms with Crippen molar-refractivity contribution >= 4 is 11.8 Å². The van der Waals surface area contributed by atoms with Crippen molar-refractivity contribution in [2.45, 2.75) is 57.5 Å². The number of nitrogens with one attached hydrogen (secondary N) is 2. The summed E-state index contributed by atoms with van der Waals surface area (Å²) in [6, 6.07) is 8.28. The number of amides is 2. The molecule has 1 saturated heterocycles. The van der Waals surface area contributed by atoms with Gasteiger partial charge < -0.3 is 20.3 Å². The van der Waals surface area contributed by atoms with Crippen LogP contribution in [0, 0.1) is 5.92 Å². The highest BCUT2D eigenvalue weighted by molar-refractivity contribution is 5.89. The SMILES string of the molecule is COc1ccc(CN2CC(C(=O)NCCNC3CCCCCC3)CC2=O)cc1. The Hall–Kier alpha value is -2.08. The average molecular weight is 388 g/mol. The standard InChI is InChI=1S/C22H33N3O3/c1-28-20-10-8-17(9-11-20)15-25-16-18(14-21(25)26)22(27)24-13-12-23-19-6-4-2-3-5-7-19/h8-11,18-19,23H,2-7,12-16H2,1H3,(H,24,27). The van der Waals surface area contributed by atoms with Gasteiger partial charge in [-0.3, -0.25) is 9.59 Å². The fourth-order valence-electron chi connectivity index (χ4n) is 4.14. The molecule has 1 aromatic carbocycles. The van der Waals surface area contributed by atoms with Gasteiger partial charge in [-0.25, -0.2) is 0 Å². The van der Waals surface area contributed by atoms with Gasteiger partial charge in [-0.15, -0.1) is 0 Å². The number of benzene rings is 1. The Morgan fingerprint density at radius 2 is 1.82 bits per heavy atom. The van der Waals surface area contributed by atoms with Crippen LogP contribution in [0.15, 0.2) is 24.3 Å². The Bertz CT molecular complexity index is 639. The fraction of sp³-hybridized carbons (Fsp3) is 0.636. The van der Waals surface area contributed by atoms with E-state index in [0.29, 0.717) is 32.1 Å². The zero-order valence-electron chi connectivity index (χ0n) is 16.9. The molecule has 2 fully saturated rings. The predicted octanol–water partition coefficient (Wildman–Crippen LogP) is 2.47. The minimum atomic E-state index is -0.247. The molecular weight excluding hydrogens is 354 g/mol. The van der Waals surface area contributed by atoms with Crippen molar-refractivity contribution in [1.29, 1.82) is 0 Å². The number of hydrogen-bond acceptors (Lipinski definition) is 4. The molecule has 1 saturated carbocycles. The Balaban J connectivity index is 1.38. The van der Waals surface area contributed by atoms with Crippen LogP contribution in [0.25, 0.3) is 0 Å². The average Bonchev–Trinajstić information content (AvgIpc) is 2.91. The lowest BCUT2D eigenvalue weighted by Gasteiger charge is -2.18. The van der Waals surface area contributed by atoms with E-state index in [-0.39, 0.29) is 17.7 Å². The Labute approximate surface area is 168 Å². The van der Waals surface area contributed by atoms with E-state index in [1.807, 2.05) is 24.3 Å². The monoisotopic (exact) mass is 387 g/mol. The van der Waals surface area contributed by atoms with Crippen molar-refractivity contribution in [3.05, 3.63) is 29.8 Å². The molecular formula is C22H33N3O3. The molecule has 1 atom stereocenters. The molecule has 28 heavy (non-hydrogen) atoms. The highest BCUT2D eigenvalue weighted by Crippen LogP contribution is 2.21. The second-order valence-corrected chi connectivity index (χ2v) is 7.96. The number of ether oxygens (including phenoxy) is 1. The smallest absolute Gasteiger partial charge is 0.225 e. The first kappa shape index (κ1) is 20.6. The van der Waals surface area contributed by atoms with E-state index in [4.69, 9.17) is 4.74 Å². The van der Waals surface area contributed by atoms with Crippen LogP contribution in [0.4, 0.5) is 0 Å². The first-order valence-corrected chi connectivity index (χ1v) is 10.6. The van der Waals surface area contributed by atoms with Crippen LogP contribution < -0.4 is 15.4 Å². The summed E-state index contributed by atoms with van der Waals surface area (Å²) in [6.45, 7) is 2.45. The van der Waals surface area contributed by atoms with E-state index in [0.717, 1.165) is 17.9 Å². The summed E-state index contributed by atoms with van der Waals surface area (Å²) in [5, 5.41) is 6.57. The molecule has 0 radical (unpaired) electrons. The van der Waals surface area contributed by atoms with Gasteiger partial charge in [0.1, 0.15) is 5.75 Å². The van der Waals surface area contributed by atoms with Gasteiger partial charge in [0, 0.05) is 38.6 Å². The summed E-state index contributed by atoms with van der Waals surface area (Å²) in [7, 11) is 1.63. The second-order valence-electron chi connectivity index (χ2n) is 7.96. The fourth-order valence-corrected chi connectivity index (χ4v) is 4.14. The van der Waals surface area contributed by atoms with Crippen LogP contribution >= 0.6 is 0 Å². The summed E-state index contributed by atoms with van der Waals surface area (Å²) in [4.78, 5) is 26.5. The van der Waals surface area contributed by atoms with Gasteiger partial charge in [-0.1, -0.05) is 37.8 Å². The van der Waals surface area contributed by atoms with Gasteiger partial charge in [0.25, 0.3) is 0 Å². The third kappa shape index (κ3) is 5.96. The number of hydrogen-bond donors (Lipinski definition) is 2. The normalized spacial score (nSPS) is 20.8. The van der Waals surface area contributed by atoms with Gasteiger partial charge in [0.2, 0.25) is 11.8 Å². The van der Waals surface area contributed by atoms with Gasteiger partial charge in [0.15, 0.2) is 0 Å². The van der Waals surface area contributed by atoms with Crippen LogP contribution in [-0.2, 0) is 16.1 Å². The second kappa shape index (κ2) is 10.5. The number of methoxy groups -OCH3 is 1. The van der Waals surface area contributed by atoms with Crippen LogP contribution in [0.5, 0.6) is 5.75 Å². The van der Waals surface area contributed by atoms with Gasteiger partial charge in [-0.05, 0) is 30.5 Å². The van der Waals surface area contributed by atoms with Crippen molar-refractivity contribution in [1.82, 2.24) is 15.5 Å². The molecule has 6 nitrogen and oxygen atoms in total. The zero-order chi connectivity index (χ0) is 19.8. The minimum absolute atomic E-state index is 0.00625. The maximum absolute atomic E-state index is 12.4. The summed E-state index contributed by atoms with van der Waals surface area (Å²) in [5.74, 6) is 0.593. The molecule has 1 aliphatic heterocycles. The molecule has 6 heteroatoms. The summed E-state index contributed by atoms with van der Waals surface area (Å²) >= 11 is 0. The maximum Gasteiger partial charge on any atom is 0.225 e.